The third-order valence-corrected chi connectivity index (χ3v) is 0. The maximum absolute atomic E-state index is 0. The first-order chi connectivity index (χ1) is 0. The maximum Gasteiger partial charge on any atom is 3.00 e. The van der Waals surface area contributed by atoms with E-state index in [9.17, 15) is 0 Å². The summed E-state index contributed by atoms with van der Waals surface area (Å²) in [6, 6.07) is 0. The SMILES string of the molecule is [Cl-].[Cl-].[Cl-].[Cl-].[Cr+3].[F-].[F-].[F-].[Fe+3].[NH4+]. The van der Waals surface area contributed by atoms with Gasteiger partial charge in [-0.25, -0.2) is 0 Å². The molecule has 2 radical (unpaired) electrons. The van der Waals surface area contributed by atoms with Gasteiger partial charge >= 0.3 is 34.4 Å². The topological polar surface area (TPSA) is 36.5 Å². The maximum atomic E-state index is 0. The van der Waals surface area contributed by atoms with Crippen LogP contribution in [0.4, 0.5) is 0 Å². The molecule has 0 aliphatic rings. The predicted molar refractivity (Wildman–Crippen MR) is 5.98 cm³/mol. The van der Waals surface area contributed by atoms with Gasteiger partial charge in [0.15, 0.2) is 0 Å². The fraction of sp³-hybridized carbons (Fsp3) is 0. The van der Waals surface area contributed by atoms with Crippen molar-refractivity contribution >= 4 is 0 Å². The van der Waals surface area contributed by atoms with Gasteiger partial charge in [0, 0.05) is 0 Å². The fourth-order valence-corrected chi connectivity index (χ4v) is 0. The summed E-state index contributed by atoms with van der Waals surface area (Å²) in [5.41, 5.74) is 0. The molecule has 0 bridgehead atoms. The zero-order valence-electron chi connectivity index (χ0n) is 4.41. The molecule has 72 valence electrons. The molecule has 0 heterocycles. The van der Waals surface area contributed by atoms with Gasteiger partial charge in [-0.15, -0.1) is 0 Å². The Morgan fingerprint density at radius 2 is 0.500 bits per heavy atom. The molecule has 0 unspecified atom stereocenters. The van der Waals surface area contributed by atoms with Crippen molar-refractivity contribution in [2.75, 3.05) is 0 Å². The van der Waals surface area contributed by atoms with Crippen molar-refractivity contribution in [3.63, 3.8) is 0 Å². The first kappa shape index (κ1) is 373. The molecule has 0 atom stereocenters. The quantitative estimate of drug-likeness (QED) is 0.430. The zero-order valence-corrected chi connectivity index (χ0v) is 9.81. The van der Waals surface area contributed by atoms with Crippen LogP contribution in [-0.2, 0) is 34.4 Å². The second-order valence-electron chi connectivity index (χ2n) is 0. The Balaban J connectivity index is 0. The van der Waals surface area contributed by atoms with Crippen molar-refractivity contribution < 1.29 is 98.2 Å². The molecule has 0 saturated heterocycles. The van der Waals surface area contributed by atoms with Crippen LogP contribution in [0.25, 0.3) is 0 Å². The minimum absolute atomic E-state index is 0. The molecule has 0 rings (SSSR count). The van der Waals surface area contributed by atoms with Crippen molar-refractivity contribution in [2.45, 2.75) is 0 Å². The molecular weight excluding hydrogens is 321 g/mol. The van der Waals surface area contributed by atoms with Crippen LogP contribution in [0.15, 0.2) is 0 Å². The average molecular weight is 325 g/mol. The predicted octanol–water partition coefficient (Wildman–Crippen LogP) is -20.6. The Morgan fingerprint density at radius 3 is 0.500 bits per heavy atom. The molecular formula is H4Cl4CrF3FeN. The van der Waals surface area contributed by atoms with Gasteiger partial charge < -0.3 is 69.9 Å². The van der Waals surface area contributed by atoms with Crippen molar-refractivity contribution in [3.8, 4) is 0 Å². The van der Waals surface area contributed by atoms with Gasteiger partial charge in [0.2, 0.25) is 0 Å². The van der Waals surface area contributed by atoms with Crippen LogP contribution in [0.2, 0.25) is 0 Å². The van der Waals surface area contributed by atoms with E-state index in [2.05, 4.69) is 0 Å². The van der Waals surface area contributed by atoms with Gasteiger partial charge in [-0.05, 0) is 0 Å². The summed E-state index contributed by atoms with van der Waals surface area (Å²) in [6.07, 6.45) is 0. The first-order valence-corrected chi connectivity index (χ1v) is 0. The van der Waals surface area contributed by atoms with E-state index in [1.165, 1.54) is 0 Å². The Labute approximate surface area is 104 Å². The normalized spacial score (nSPS) is 0. The summed E-state index contributed by atoms with van der Waals surface area (Å²) in [4.78, 5) is 0. The molecule has 0 aromatic carbocycles. The number of hydrogen-bond acceptors (Lipinski definition) is 0. The molecule has 1 nitrogen and oxygen atoms in total. The van der Waals surface area contributed by atoms with Crippen LogP contribution in [-0.4, -0.2) is 0 Å². The van der Waals surface area contributed by atoms with E-state index >= 15 is 0 Å². The van der Waals surface area contributed by atoms with E-state index in [4.69, 9.17) is 0 Å². The standard InChI is InChI=1S/4ClH.Cr.3FH.Fe.H3N/h4*1H;;3*1H;;1H3/q;;;;+3;;;;+3;/p-6. The van der Waals surface area contributed by atoms with Gasteiger partial charge in [-0.1, -0.05) is 0 Å². The molecule has 0 aromatic rings. The van der Waals surface area contributed by atoms with Crippen LogP contribution >= 0.6 is 0 Å². The summed E-state index contributed by atoms with van der Waals surface area (Å²) >= 11 is 0. The van der Waals surface area contributed by atoms with Crippen LogP contribution in [0.3, 0.4) is 0 Å². The Hall–Kier alpha value is 1.96. The minimum Gasteiger partial charge on any atom is -1.00 e. The Kier molecular flexibility index (Phi) is 10600. The van der Waals surface area contributed by atoms with Gasteiger partial charge in [-0.3, -0.25) is 0 Å². The molecule has 0 spiro atoms. The molecule has 0 aliphatic carbocycles. The second-order valence-corrected chi connectivity index (χ2v) is 0. The number of quaternary nitrogens is 1. The molecule has 0 aromatic heterocycles. The zero-order chi connectivity index (χ0) is 0. The number of rotatable bonds is 0. The molecule has 10 heavy (non-hydrogen) atoms. The van der Waals surface area contributed by atoms with E-state index in [0.717, 1.165) is 0 Å². The summed E-state index contributed by atoms with van der Waals surface area (Å²) < 4.78 is 0. The molecule has 0 fully saturated rings. The van der Waals surface area contributed by atoms with Crippen molar-refractivity contribution in [3.05, 3.63) is 0 Å². The molecule has 0 aliphatic heterocycles. The van der Waals surface area contributed by atoms with Gasteiger partial charge in [0.05, 0.1) is 0 Å². The third kappa shape index (κ3) is 208. The van der Waals surface area contributed by atoms with Crippen LogP contribution in [0.1, 0.15) is 0 Å². The summed E-state index contributed by atoms with van der Waals surface area (Å²) in [6.45, 7) is 0. The van der Waals surface area contributed by atoms with Crippen LogP contribution in [0.5, 0.6) is 0 Å². The van der Waals surface area contributed by atoms with E-state index < -0.39 is 0 Å². The van der Waals surface area contributed by atoms with E-state index in [-0.39, 0.29) is 104 Å². The van der Waals surface area contributed by atoms with E-state index in [1.807, 2.05) is 0 Å². The molecule has 4 N–H and O–H groups in total. The summed E-state index contributed by atoms with van der Waals surface area (Å²) in [5.74, 6) is 0. The Bertz CT molecular complexity index is 20.5. The first-order valence-electron chi connectivity index (χ1n) is 0. The second kappa shape index (κ2) is 283. The average Bonchev–Trinajstić information content (AvgIpc) is 0. The van der Waals surface area contributed by atoms with Crippen LogP contribution in [0, 0.1) is 0 Å². The van der Waals surface area contributed by atoms with E-state index in [0.29, 0.717) is 0 Å². The van der Waals surface area contributed by atoms with E-state index in [1.54, 1.807) is 0 Å². The van der Waals surface area contributed by atoms with Crippen molar-refractivity contribution in [1.82, 2.24) is 6.15 Å². The smallest absolute Gasteiger partial charge is 1.00 e. The molecule has 0 amide bonds. The van der Waals surface area contributed by atoms with Gasteiger partial charge in [0.1, 0.15) is 0 Å². The largest absolute Gasteiger partial charge is 3.00 e. The Morgan fingerprint density at radius 1 is 0.500 bits per heavy atom. The van der Waals surface area contributed by atoms with Crippen molar-refractivity contribution in [1.29, 1.82) is 0 Å². The third-order valence-electron chi connectivity index (χ3n) is 0. The summed E-state index contributed by atoms with van der Waals surface area (Å²) in [5, 5.41) is 0. The van der Waals surface area contributed by atoms with Crippen LogP contribution < -0.4 is 69.9 Å². The molecule has 0 saturated carbocycles. The van der Waals surface area contributed by atoms with Gasteiger partial charge in [-0.2, -0.15) is 0 Å². The number of hydrogen-bond donors (Lipinski definition) is 1. The summed E-state index contributed by atoms with van der Waals surface area (Å²) in [7, 11) is 0. The number of halogens is 7. The van der Waals surface area contributed by atoms with Crippen molar-refractivity contribution in [2.24, 2.45) is 0 Å². The molecule has 10 heteroatoms. The van der Waals surface area contributed by atoms with Gasteiger partial charge in [0.25, 0.3) is 0 Å². The fourth-order valence-electron chi connectivity index (χ4n) is 0. The monoisotopic (exact) mass is 323 g/mol. The minimum atomic E-state index is 0.